The Balaban J connectivity index is 2.27. The fraction of sp³-hybridized carbons (Fsp3) is 0.444. The lowest BCUT2D eigenvalue weighted by Crippen LogP contribution is -2.13. The predicted molar refractivity (Wildman–Crippen MR) is 44.2 cm³/mol. The predicted octanol–water partition coefficient (Wildman–Crippen LogP) is 0.755. The van der Waals surface area contributed by atoms with Gasteiger partial charge in [0, 0.05) is 12.4 Å². The molecule has 1 unspecified atom stereocenters. The molecule has 11 heavy (non-hydrogen) atoms. The summed E-state index contributed by atoms with van der Waals surface area (Å²) in [6.07, 6.45) is 6.09. The normalized spacial score (nSPS) is 21.7. The Bertz CT molecular complexity index is 232. The molecule has 1 aromatic heterocycles. The fourth-order valence-corrected chi connectivity index (χ4v) is 1.70. The van der Waals surface area contributed by atoms with Gasteiger partial charge in [-0.25, -0.2) is 0 Å². The van der Waals surface area contributed by atoms with Crippen LogP contribution in [0.2, 0.25) is 0 Å². The van der Waals surface area contributed by atoms with Gasteiger partial charge in [0.05, 0.1) is 0 Å². The van der Waals surface area contributed by atoms with Gasteiger partial charge in [0.15, 0.2) is 0 Å². The molecule has 2 rings (SSSR count). The molecule has 0 saturated carbocycles. The van der Waals surface area contributed by atoms with E-state index in [0.717, 1.165) is 19.4 Å². The first-order valence-corrected chi connectivity index (χ1v) is 4.02. The summed E-state index contributed by atoms with van der Waals surface area (Å²) >= 11 is 0. The number of rotatable bonds is 1. The first-order chi connectivity index (χ1) is 5.40. The van der Waals surface area contributed by atoms with Crippen LogP contribution in [0.1, 0.15) is 11.1 Å². The summed E-state index contributed by atoms with van der Waals surface area (Å²) < 4.78 is 0. The Kier molecular flexibility index (Phi) is 1.62. The van der Waals surface area contributed by atoms with Gasteiger partial charge in [-0.2, -0.15) is 0 Å². The first kappa shape index (κ1) is 6.80. The molecule has 2 heteroatoms. The maximum atomic E-state index is 5.59. The van der Waals surface area contributed by atoms with Crippen LogP contribution in [-0.4, -0.2) is 11.5 Å². The molecule has 0 bridgehead atoms. The molecular weight excluding hydrogens is 136 g/mol. The fourth-order valence-electron chi connectivity index (χ4n) is 1.70. The average Bonchev–Trinajstić information content (AvgIpc) is 2.46. The van der Waals surface area contributed by atoms with E-state index in [4.69, 9.17) is 5.73 Å². The number of fused-ring (bicyclic) bond motifs is 1. The van der Waals surface area contributed by atoms with Crippen molar-refractivity contribution in [3.05, 3.63) is 29.6 Å². The molecule has 1 atom stereocenters. The molecule has 0 amide bonds. The van der Waals surface area contributed by atoms with E-state index in [2.05, 4.69) is 11.1 Å². The molecule has 2 N–H and O–H groups in total. The number of nitrogens with zero attached hydrogens (tertiary/aromatic N) is 1. The van der Waals surface area contributed by atoms with Crippen molar-refractivity contribution in [2.75, 3.05) is 6.54 Å². The third kappa shape index (κ3) is 1.14. The quantitative estimate of drug-likeness (QED) is 0.638. The van der Waals surface area contributed by atoms with Crippen molar-refractivity contribution >= 4 is 0 Å². The summed E-state index contributed by atoms with van der Waals surface area (Å²) in [6.45, 7) is 0.800. The largest absolute Gasteiger partial charge is 0.330 e. The molecule has 1 aliphatic carbocycles. The van der Waals surface area contributed by atoms with Crippen molar-refractivity contribution in [1.29, 1.82) is 0 Å². The van der Waals surface area contributed by atoms with Gasteiger partial charge in [-0.1, -0.05) is 0 Å². The molecule has 2 nitrogen and oxygen atoms in total. The van der Waals surface area contributed by atoms with Crippen LogP contribution in [0.5, 0.6) is 0 Å². The topological polar surface area (TPSA) is 38.9 Å². The minimum atomic E-state index is 0.661. The summed E-state index contributed by atoms with van der Waals surface area (Å²) in [5, 5.41) is 0. The number of hydrogen-bond donors (Lipinski definition) is 1. The zero-order valence-corrected chi connectivity index (χ0v) is 6.46. The summed E-state index contributed by atoms with van der Waals surface area (Å²) in [5.74, 6) is 0.661. The molecule has 0 spiro atoms. The van der Waals surface area contributed by atoms with Crippen molar-refractivity contribution in [1.82, 2.24) is 4.98 Å². The maximum Gasteiger partial charge on any atom is 0.0302 e. The van der Waals surface area contributed by atoms with Crippen LogP contribution in [0.25, 0.3) is 0 Å². The van der Waals surface area contributed by atoms with E-state index < -0.39 is 0 Å². The summed E-state index contributed by atoms with van der Waals surface area (Å²) in [4.78, 5) is 4.08. The summed E-state index contributed by atoms with van der Waals surface area (Å²) in [6, 6.07) is 2.10. The first-order valence-electron chi connectivity index (χ1n) is 4.02. The zero-order chi connectivity index (χ0) is 7.68. The lowest BCUT2D eigenvalue weighted by Gasteiger charge is -2.01. The Morgan fingerprint density at radius 1 is 1.45 bits per heavy atom. The lowest BCUT2D eigenvalue weighted by molar-refractivity contribution is 0.575. The number of aromatic nitrogens is 1. The Morgan fingerprint density at radius 2 is 2.27 bits per heavy atom. The zero-order valence-electron chi connectivity index (χ0n) is 6.46. The summed E-state index contributed by atoms with van der Waals surface area (Å²) in [5.41, 5.74) is 8.42. The molecule has 1 aliphatic rings. The third-order valence-corrected chi connectivity index (χ3v) is 2.36. The molecule has 0 saturated heterocycles. The van der Waals surface area contributed by atoms with Gasteiger partial charge in [0.25, 0.3) is 0 Å². The van der Waals surface area contributed by atoms with Crippen molar-refractivity contribution in [3.63, 3.8) is 0 Å². The second-order valence-corrected chi connectivity index (χ2v) is 3.15. The number of nitrogens with two attached hydrogens (primary N) is 1. The maximum absolute atomic E-state index is 5.59. The minimum Gasteiger partial charge on any atom is -0.330 e. The standard InChI is InChI=1S/C9H12N2/c10-5-7-3-8-1-2-11-6-9(8)4-7/h1-2,6-7H,3-5,10H2. The monoisotopic (exact) mass is 148 g/mol. The van der Waals surface area contributed by atoms with Gasteiger partial charge in [0.1, 0.15) is 0 Å². The van der Waals surface area contributed by atoms with Crippen LogP contribution in [0.3, 0.4) is 0 Å². The highest BCUT2D eigenvalue weighted by molar-refractivity contribution is 5.28. The van der Waals surface area contributed by atoms with Crippen LogP contribution in [0, 0.1) is 5.92 Å². The van der Waals surface area contributed by atoms with Crippen molar-refractivity contribution < 1.29 is 0 Å². The van der Waals surface area contributed by atoms with E-state index in [9.17, 15) is 0 Å². The second kappa shape index (κ2) is 2.62. The smallest absolute Gasteiger partial charge is 0.0302 e. The van der Waals surface area contributed by atoms with Gasteiger partial charge < -0.3 is 5.73 Å². The van der Waals surface area contributed by atoms with Crippen LogP contribution >= 0.6 is 0 Å². The van der Waals surface area contributed by atoms with Gasteiger partial charge in [0.2, 0.25) is 0 Å². The second-order valence-electron chi connectivity index (χ2n) is 3.15. The van der Waals surface area contributed by atoms with Gasteiger partial charge in [-0.15, -0.1) is 0 Å². The van der Waals surface area contributed by atoms with E-state index in [1.807, 2.05) is 12.4 Å². The molecule has 0 aliphatic heterocycles. The van der Waals surface area contributed by atoms with E-state index >= 15 is 0 Å². The van der Waals surface area contributed by atoms with Crippen LogP contribution in [0.15, 0.2) is 18.5 Å². The van der Waals surface area contributed by atoms with Crippen molar-refractivity contribution in [2.45, 2.75) is 12.8 Å². The summed E-state index contributed by atoms with van der Waals surface area (Å²) in [7, 11) is 0. The van der Waals surface area contributed by atoms with E-state index in [1.165, 1.54) is 11.1 Å². The van der Waals surface area contributed by atoms with Crippen LogP contribution in [0.4, 0.5) is 0 Å². The van der Waals surface area contributed by atoms with E-state index in [-0.39, 0.29) is 0 Å². The Morgan fingerprint density at radius 3 is 3.00 bits per heavy atom. The Hall–Kier alpha value is -0.890. The molecule has 0 aromatic carbocycles. The van der Waals surface area contributed by atoms with Crippen molar-refractivity contribution in [3.8, 4) is 0 Å². The highest BCUT2D eigenvalue weighted by Crippen LogP contribution is 2.24. The Labute approximate surface area is 66.4 Å². The van der Waals surface area contributed by atoms with Crippen molar-refractivity contribution in [2.24, 2.45) is 11.7 Å². The molecule has 1 heterocycles. The molecule has 58 valence electrons. The van der Waals surface area contributed by atoms with Crippen LogP contribution < -0.4 is 5.73 Å². The SMILES string of the molecule is NCC1Cc2ccncc2C1. The molecule has 1 aromatic rings. The van der Waals surface area contributed by atoms with E-state index in [1.54, 1.807) is 0 Å². The van der Waals surface area contributed by atoms with Gasteiger partial charge >= 0.3 is 0 Å². The molecule has 0 fully saturated rings. The molecular formula is C9H12N2. The van der Waals surface area contributed by atoms with Gasteiger partial charge in [-0.05, 0) is 42.5 Å². The number of pyridine rings is 1. The lowest BCUT2D eigenvalue weighted by atomic mass is 10.1. The minimum absolute atomic E-state index is 0.661. The van der Waals surface area contributed by atoms with E-state index in [0.29, 0.717) is 5.92 Å². The third-order valence-electron chi connectivity index (χ3n) is 2.36. The molecule has 0 radical (unpaired) electrons. The number of hydrogen-bond acceptors (Lipinski definition) is 2. The highest BCUT2D eigenvalue weighted by Gasteiger charge is 2.19. The van der Waals surface area contributed by atoms with Crippen LogP contribution in [-0.2, 0) is 12.8 Å². The van der Waals surface area contributed by atoms with Gasteiger partial charge in [-0.3, -0.25) is 4.98 Å². The average molecular weight is 148 g/mol. The highest BCUT2D eigenvalue weighted by atomic mass is 14.6.